The van der Waals surface area contributed by atoms with Crippen LogP contribution in [-0.4, -0.2) is 60.1 Å². The number of amides is 1. The molecule has 0 spiro atoms. The van der Waals surface area contributed by atoms with Crippen LogP contribution in [0, 0.1) is 5.92 Å². The number of hydrogen-bond donors (Lipinski definition) is 0. The number of carbonyl (C=O) groups excluding carboxylic acids is 1. The summed E-state index contributed by atoms with van der Waals surface area (Å²) in [6, 6.07) is 4.98. The van der Waals surface area contributed by atoms with Gasteiger partial charge in [-0.3, -0.25) is 9.69 Å². The van der Waals surface area contributed by atoms with Crippen molar-refractivity contribution in [1.82, 2.24) is 13.6 Å². The molecule has 28 heavy (non-hydrogen) atoms. The van der Waals surface area contributed by atoms with E-state index in [-0.39, 0.29) is 18.0 Å². The molecule has 1 amide bonds. The maximum absolute atomic E-state index is 13.1. The van der Waals surface area contributed by atoms with Gasteiger partial charge in [-0.1, -0.05) is 42.9 Å². The third-order valence-electron chi connectivity index (χ3n) is 5.64. The minimum Gasteiger partial charge on any atom is -0.283 e. The molecule has 2 aliphatic rings. The number of fused-ring (bicyclic) bond motifs is 2. The fourth-order valence-electron chi connectivity index (χ4n) is 4.29. The van der Waals surface area contributed by atoms with Crippen molar-refractivity contribution in [2.75, 3.05) is 25.0 Å². The van der Waals surface area contributed by atoms with Gasteiger partial charge in [0.15, 0.2) is 5.13 Å². The second-order valence-corrected chi connectivity index (χ2v) is 10.8. The van der Waals surface area contributed by atoms with Crippen LogP contribution in [0.2, 0.25) is 5.02 Å². The summed E-state index contributed by atoms with van der Waals surface area (Å²) in [5.74, 6) is -0.497. The van der Waals surface area contributed by atoms with Crippen LogP contribution >= 0.6 is 22.9 Å². The van der Waals surface area contributed by atoms with Gasteiger partial charge in [0.05, 0.1) is 27.7 Å². The third kappa shape index (κ3) is 2.95. The van der Waals surface area contributed by atoms with Crippen LogP contribution < -0.4 is 4.90 Å². The number of halogens is 1. The topological polar surface area (TPSA) is 73.8 Å². The predicted octanol–water partition coefficient (Wildman–Crippen LogP) is 2.96. The molecule has 1 aromatic carbocycles. The van der Waals surface area contributed by atoms with Gasteiger partial charge in [-0.25, -0.2) is 4.98 Å². The maximum Gasteiger partial charge on any atom is 0.282 e. The Labute approximate surface area is 174 Å². The summed E-state index contributed by atoms with van der Waals surface area (Å²) in [5, 5.41) is 1.14. The Morgan fingerprint density at radius 2 is 2.14 bits per heavy atom. The number of hydrogen-bond acceptors (Lipinski definition) is 5. The van der Waals surface area contributed by atoms with Gasteiger partial charge in [0.2, 0.25) is 5.91 Å². The van der Waals surface area contributed by atoms with Gasteiger partial charge in [-0.05, 0) is 25.0 Å². The molecule has 0 N–H and O–H groups in total. The van der Waals surface area contributed by atoms with E-state index in [0.717, 1.165) is 11.1 Å². The predicted molar refractivity (Wildman–Crippen MR) is 112 cm³/mol. The molecule has 0 bridgehead atoms. The highest BCUT2D eigenvalue weighted by Gasteiger charge is 2.56. The van der Waals surface area contributed by atoms with E-state index in [1.54, 1.807) is 18.0 Å². The number of aromatic nitrogens is 1. The highest BCUT2D eigenvalue weighted by atomic mass is 35.5. The minimum atomic E-state index is -3.60. The summed E-state index contributed by atoms with van der Waals surface area (Å²) in [6.07, 6.45) is 1.34. The maximum atomic E-state index is 13.1. The third-order valence-corrected chi connectivity index (χ3v) is 8.95. The zero-order valence-corrected chi connectivity index (χ0v) is 18.4. The zero-order valence-electron chi connectivity index (χ0n) is 16.0. The van der Waals surface area contributed by atoms with Crippen molar-refractivity contribution in [1.29, 1.82) is 0 Å². The van der Waals surface area contributed by atoms with E-state index in [1.807, 2.05) is 26.0 Å². The molecule has 2 saturated heterocycles. The summed E-state index contributed by atoms with van der Waals surface area (Å²) in [7, 11) is -2.00. The van der Waals surface area contributed by atoms with Gasteiger partial charge in [-0.2, -0.15) is 17.0 Å². The molecule has 1 aromatic heterocycles. The largest absolute Gasteiger partial charge is 0.283 e. The number of carbonyl (C=O) groups is 1. The minimum absolute atomic E-state index is 0.0803. The average Bonchev–Trinajstić information content (AvgIpc) is 3.32. The van der Waals surface area contributed by atoms with Gasteiger partial charge in [0.1, 0.15) is 5.52 Å². The lowest BCUT2D eigenvalue weighted by Crippen LogP contribution is -2.48. The van der Waals surface area contributed by atoms with Crippen LogP contribution in [0.15, 0.2) is 18.2 Å². The van der Waals surface area contributed by atoms with E-state index in [2.05, 4.69) is 4.98 Å². The van der Waals surface area contributed by atoms with Crippen LogP contribution in [-0.2, 0) is 15.0 Å². The van der Waals surface area contributed by atoms with E-state index in [4.69, 9.17) is 11.6 Å². The first-order valence-corrected chi connectivity index (χ1v) is 12.0. The highest BCUT2D eigenvalue weighted by Crippen LogP contribution is 2.43. The number of thiazole rings is 1. The molecule has 10 heteroatoms. The smallest absolute Gasteiger partial charge is 0.282 e. The quantitative estimate of drug-likeness (QED) is 0.713. The van der Waals surface area contributed by atoms with E-state index in [0.29, 0.717) is 35.2 Å². The Balaban J connectivity index is 1.70. The van der Waals surface area contributed by atoms with Crippen molar-refractivity contribution < 1.29 is 13.2 Å². The molecule has 3 atom stereocenters. The zero-order chi connectivity index (χ0) is 20.2. The summed E-state index contributed by atoms with van der Waals surface area (Å²) >= 11 is 7.67. The Hall–Kier alpha value is -1.26. The van der Waals surface area contributed by atoms with Crippen LogP contribution in [0.25, 0.3) is 10.2 Å². The number of para-hydroxylation sites is 1. The summed E-state index contributed by atoms with van der Waals surface area (Å²) in [5.41, 5.74) is 0.679. The molecule has 3 heterocycles. The molecule has 152 valence electrons. The molecule has 2 aromatic rings. The van der Waals surface area contributed by atoms with Gasteiger partial charge < -0.3 is 0 Å². The fourth-order valence-corrected chi connectivity index (χ4v) is 7.35. The first-order chi connectivity index (χ1) is 13.3. The lowest BCUT2D eigenvalue weighted by atomic mass is 10.0. The Bertz CT molecular complexity index is 1030. The van der Waals surface area contributed by atoms with Crippen molar-refractivity contribution in [2.24, 2.45) is 5.92 Å². The number of nitrogens with zero attached hydrogens (tertiary/aromatic N) is 4. The van der Waals surface area contributed by atoms with Crippen molar-refractivity contribution in [2.45, 2.75) is 38.8 Å². The Morgan fingerprint density at radius 3 is 2.82 bits per heavy atom. The monoisotopic (exact) mass is 442 g/mol. The number of benzene rings is 1. The van der Waals surface area contributed by atoms with Crippen LogP contribution in [0.3, 0.4) is 0 Å². The summed E-state index contributed by atoms with van der Waals surface area (Å²) in [6.45, 7) is 4.62. The molecule has 2 fully saturated rings. The lowest BCUT2D eigenvalue weighted by molar-refractivity contribution is -0.120. The van der Waals surface area contributed by atoms with E-state index >= 15 is 0 Å². The van der Waals surface area contributed by atoms with Crippen molar-refractivity contribution in [3.05, 3.63) is 23.2 Å². The normalized spacial score (nSPS) is 26.0. The van der Waals surface area contributed by atoms with E-state index in [1.165, 1.54) is 19.9 Å². The molecule has 2 aliphatic heterocycles. The Morgan fingerprint density at radius 1 is 1.39 bits per heavy atom. The van der Waals surface area contributed by atoms with Gasteiger partial charge in [0, 0.05) is 20.1 Å². The fraction of sp³-hybridized carbons (Fsp3) is 0.556. The number of rotatable bonds is 5. The van der Waals surface area contributed by atoms with E-state index in [9.17, 15) is 13.2 Å². The van der Waals surface area contributed by atoms with E-state index < -0.39 is 16.1 Å². The molecular weight excluding hydrogens is 420 g/mol. The molecule has 7 nitrogen and oxygen atoms in total. The standard InChI is InChI=1S/C18H23ClN4O3S2/c1-4-9-21(3)28(25,26)22-10-8-13-16(22)11(2)17(24)23(13)18-20-15-12(19)6-5-7-14(15)27-18/h5-7,11,13,16H,4,8-10H2,1-3H3/t11-,13-,16+/m0/s1. The molecule has 0 radical (unpaired) electrons. The summed E-state index contributed by atoms with van der Waals surface area (Å²) < 4.78 is 29.9. The highest BCUT2D eigenvalue weighted by molar-refractivity contribution is 7.86. The van der Waals surface area contributed by atoms with Crippen LogP contribution in [0.4, 0.5) is 5.13 Å². The molecule has 0 saturated carbocycles. The van der Waals surface area contributed by atoms with Gasteiger partial charge >= 0.3 is 0 Å². The molecule has 0 aliphatic carbocycles. The second-order valence-electron chi connectivity index (χ2n) is 7.37. The Kier molecular flexibility index (Phi) is 5.16. The van der Waals surface area contributed by atoms with Crippen molar-refractivity contribution in [3.63, 3.8) is 0 Å². The summed E-state index contributed by atoms with van der Waals surface area (Å²) in [4.78, 5) is 19.4. The second kappa shape index (κ2) is 7.21. The van der Waals surface area contributed by atoms with Gasteiger partial charge in [0.25, 0.3) is 10.2 Å². The molecular formula is C18H23ClN4O3S2. The molecule has 4 rings (SSSR count). The average molecular weight is 443 g/mol. The van der Waals surface area contributed by atoms with Crippen molar-refractivity contribution in [3.8, 4) is 0 Å². The first kappa shape index (κ1) is 20.0. The first-order valence-electron chi connectivity index (χ1n) is 9.38. The van der Waals surface area contributed by atoms with Crippen molar-refractivity contribution >= 4 is 54.4 Å². The molecule has 0 unspecified atom stereocenters. The lowest BCUT2D eigenvalue weighted by Gasteiger charge is -2.29. The number of anilines is 1. The van der Waals surface area contributed by atoms with Crippen LogP contribution in [0.5, 0.6) is 0 Å². The van der Waals surface area contributed by atoms with Gasteiger partial charge in [-0.15, -0.1) is 0 Å². The SMILES string of the molecule is CCCN(C)S(=O)(=O)N1CC[C@H]2[C@H]1[C@H](C)C(=O)N2c1nc2c(Cl)cccc2s1. The van der Waals surface area contributed by atoms with Crippen LogP contribution in [0.1, 0.15) is 26.7 Å².